The Hall–Kier alpha value is -2.54. The molecule has 2 saturated carbocycles. The topological polar surface area (TPSA) is 82.9 Å². The SMILES string of the molecule is C[C@]12CC=C3C=C4CCC(N5CC(O)C[C@H]5C(=O)O)C[C@]45CC[C@]3(O5)[C@@H]1CCC2c1ccc2ccncc2c1. The van der Waals surface area contributed by atoms with Crippen molar-refractivity contribution in [1.29, 1.82) is 0 Å². The minimum Gasteiger partial charge on any atom is -0.480 e. The van der Waals surface area contributed by atoms with Crippen LogP contribution < -0.4 is 0 Å². The van der Waals surface area contributed by atoms with E-state index in [4.69, 9.17) is 4.74 Å². The van der Waals surface area contributed by atoms with Gasteiger partial charge in [-0.2, -0.15) is 0 Å². The number of aliphatic hydroxyl groups excluding tert-OH is 1. The molecular weight excluding hydrogens is 488 g/mol. The summed E-state index contributed by atoms with van der Waals surface area (Å²) in [6.45, 7) is 2.96. The van der Waals surface area contributed by atoms with E-state index in [0.29, 0.717) is 24.8 Å². The average molecular weight is 527 g/mol. The third-order valence-electron chi connectivity index (χ3n) is 11.8. The van der Waals surface area contributed by atoms with Crippen LogP contribution in [-0.4, -0.2) is 62.0 Å². The smallest absolute Gasteiger partial charge is 0.321 e. The van der Waals surface area contributed by atoms with Crippen LogP contribution in [0.3, 0.4) is 0 Å². The molecule has 2 spiro atoms. The van der Waals surface area contributed by atoms with Gasteiger partial charge in [0.2, 0.25) is 0 Å². The molecule has 1 aromatic carbocycles. The number of rotatable bonds is 3. The highest BCUT2D eigenvalue weighted by molar-refractivity contribution is 5.82. The summed E-state index contributed by atoms with van der Waals surface area (Å²) in [6.07, 6.45) is 16.8. The monoisotopic (exact) mass is 526 g/mol. The first-order chi connectivity index (χ1) is 18.8. The average Bonchev–Trinajstić information content (AvgIpc) is 3.59. The summed E-state index contributed by atoms with van der Waals surface area (Å²) in [5.41, 5.74) is 3.88. The molecule has 2 saturated heterocycles. The van der Waals surface area contributed by atoms with Crippen molar-refractivity contribution >= 4 is 16.7 Å². The second-order valence-corrected chi connectivity index (χ2v) is 13.5. The zero-order chi connectivity index (χ0) is 26.6. The molecule has 0 amide bonds. The van der Waals surface area contributed by atoms with Gasteiger partial charge >= 0.3 is 5.97 Å². The maximum absolute atomic E-state index is 12.0. The summed E-state index contributed by atoms with van der Waals surface area (Å²) in [5, 5.41) is 22.6. The van der Waals surface area contributed by atoms with Crippen molar-refractivity contribution in [2.24, 2.45) is 11.3 Å². The van der Waals surface area contributed by atoms with Crippen molar-refractivity contribution in [2.75, 3.05) is 6.54 Å². The number of aliphatic hydroxyl groups is 1. The molecule has 3 unspecified atom stereocenters. The predicted octanol–water partition coefficient (Wildman–Crippen LogP) is 5.37. The van der Waals surface area contributed by atoms with Crippen LogP contribution in [0.1, 0.15) is 76.2 Å². The third-order valence-corrected chi connectivity index (χ3v) is 11.8. The Kier molecular flexibility index (Phi) is 5.13. The van der Waals surface area contributed by atoms with Gasteiger partial charge in [-0.3, -0.25) is 14.7 Å². The largest absolute Gasteiger partial charge is 0.480 e. The van der Waals surface area contributed by atoms with E-state index in [1.54, 1.807) is 0 Å². The molecule has 3 aliphatic carbocycles. The van der Waals surface area contributed by atoms with E-state index in [1.165, 1.54) is 40.3 Å². The second-order valence-electron chi connectivity index (χ2n) is 13.5. The number of β-amino-alcohol motifs (C(OH)–C–C–N with tert-alkyl or cyclic N) is 1. The lowest BCUT2D eigenvalue weighted by molar-refractivity contribution is -0.150. The maximum Gasteiger partial charge on any atom is 0.321 e. The fraction of sp³-hybridized carbons (Fsp3) is 0.576. The fourth-order valence-electron chi connectivity index (χ4n) is 10.0. The number of carboxylic acids is 1. The summed E-state index contributed by atoms with van der Waals surface area (Å²) < 4.78 is 7.44. The van der Waals surface area contributed by atoms with E-state index in [0.717, 1.165) is 38.5 Å². The number of allylic oxidation sites excluding steroid dienone is 1. The zero-order valence-electron chi connectivity index (χ0n) is 22.7. The van der Waals surface area contributed by atoms with Gasteiger partial charge in [-0.1, -0.05) is 31.2 Å². The van der Waals surface area contributed by atoms with E-state index < -0.39 is 18.1 Å². The van der Waals surface area contributed by atoms with Gasteiger partial charge in [-0.25, -0.2) is 0 Å². The van der Waals surface area contributed by atoms with Gasteiger partial charge in [-0.05, 0) is 103 Å². The Morgan fingerprint density at radius 3 is 2.92 bits per heavy atom. The molecule has 39 heavy (non-hydrogen) atoms. The Morgan fingerprint density at radius 1 is 1.15 bits per heavy atom. The molecule has 204 valence electrons. The van der Waals surface area contributed by atoms with Gasteiger partial charge in [0.05, 0.1) is 17.3 Å². The summed E-state index contributed by atoms with van der Waals surface area (Å²) in [4.78, 5) is 18.4. The molecule has 6 heteroatoms. The molecule has 0 radical (unpaired) electrons. The van der Waals surface area contributed by atoms with Crippen molar-refractivity contribution in [3.8, 4) is 0 Å². The number of ether oxygens (including phenoxy) is 1. The van der Waals surface area contributed by atoms with Crippen LogP contribution in [0.15, 0.2) is 60.0 Å². The molecule has 8 rings (SSSR count). The molecule has 8 atom stereocenters. The Labute approximate surface area is 229 Å². The normalized spacial score (nSPS) is 43.0. The summed E-state index contributed by atoms with van der Waals surface area (Å²) in [5.74, 6) is 0.149. The van der Waals surface area contributed by atoms with Crippen LogP contribution in [0.4, 0.5) is 0 Å². The first kappa shape index (κ1) is 24.3. The van der Waals surface area contributed by atoms with Crippen LogP contribution in [-0.2, 0) is 9.53 Å². The number of carbonyl (C=O) groups is 1. The van der Waals surface area contributed by atoms with Crippen molar-refractivity contribution < 1.29 is 19.7 Å². The van der Waals surface area contributed by atoms with Crippen LogP contribution in [0.5, 0.6) is 0 Å². The number of benzene rings is 1. The predicted molar refractivity (Wildman–Crippen MR) is 148 cm³/mol. The molecule has 2 bridgehead atoms. The summed E-state index contributed by atoms with van der Waals surface area (Å²) in [6, 6.07) is 8.59. The summed E-state index contributed by atoms with van der Waals surface area (Å²) in [7, 11) is 0. The van der Waals surface area contributed by atoms with Gasteiger partial charge in [0.1, 0.15) is 6.04 Å². The molecule has 4 heterocycles. The highest BCUT2D eigenvalue weighted by atomic mass is 16.5. The highest BCUT2D eigenvalue weighted by Crippen LogP contribution is 2.69. The lowest BCUT2D eigenvalue weighted by atomic mass is 9.58. The third kappa shape index (κ3) is 3.31. The number of hydrogen-bond acceptors (Lipinski definition) is 5. The molecule has 3 aliphatic heterocycles. The van der Waals surface area contributed by atoms with Crippen LogP contribution >= 0.6 is 0 Å². The Bertz CT molecular complexity index is 1430. The number of pyridine rings is 1. The zero-order valence-corrected chi connectivity index (χ0v) is 22.7. The van der Waals surface area contributed by atoms with Crippen molar-refractivity contribution in [1.82, 2.24) is 9.88 Å². The minimum absolute atomic E-state index is 0.137. The molecular formula is C33H38N2O4. The number of aliphatic carboxylic acids is 1. The molecule has 1 aromatic heterocycles. The lowest BCUT2D eigenvalue weighted by Gasteiger charge is -2.55. The van der Waals surface area contributed by atoms with E-state index in [1.807, 2.05) is 12.4 Å². The van der Waals surface area contributed by atoms with Gasteiger partial charge < -0.3 is 14.9 Å². The standard InChI is InChI=1S/C33H38N2O4/c1-31-10-8-24-15-23-4-5-25(35-19-26(36)16-28(35)30(37)38)17-32(23)11-12-33(24,39-32)29(31)7-6-27(31)21-3-2-20-9-13-34-18-22(20)14-21/h2-3,8-9,13-15,18,25-29,36H,4-7,10-12,16-17,19H2,1H3,(H,37,38)/t25?,26?,27?,28-,29+,31+,32+,33+/m0/s1. The number of carboxylic acid groups (broad SMARTS) is 1. The van der Waals surface area contributed by atoms with Crippen molar-refractivity contribution in [3.63, 3.8) is 0 Å². The molecule has 2 aromatic rings. The first-order valence-corrected chi connectivity index (χ1v) is 14.9. The summed E-state index contributed by atoms with van der Waals surface area (Å²) >= 11 is 0. The van der Waals surface area contributed by atoms with E-state index in [-0.39, 0.29) is 22.7 Å². The van der Waals surface area contributed by atoms with E-state index in [9.17, 15) is 15.0 Å². The number of hydrogen-bond donors (Lipinski definition) is 2. The Balaban J connectivity index is 1.12. The van der Waals surface area contributed by atoms with Gasteiger partial charge in [0, 0.05) is 36.8 Å². The number of fused-ring (bicyclic) bond motifs is 2. The second kappa shape index (κ2) is 8.25. The number of aromatic nitrogens is 1. The first-order valence-electron chi connectivity index (χ1n) is 14.9. The van der Waals surface area contributed by atoms with Gasteiger partial charge in [0.15, 0.2) is 0 Å². The van der Waals surface area contributed by atoms with Crippen LogP contribution in [0.2, 0.25) is 0 Å². The Morgan fingerprint density at radius 2 is 2.05 bits per heavy atom. The quantitative estimate of drug-likeness (QED) is 0.560. The number of nitrogens with zero attached hydrogens (tertiary/aromatic N) is 2. The van der Waals surface area contributed by atoms with E-state index >= 15 is 0 Å². The molecule has 6 nitrogen and oxygen atoms in total. The maximum atomic E-state index is 12.0. The lowest BCUT2D eigenvalue weighted by Crippen LogP contribution is -2.56. The molecule has 2 N–H and O–H groups in total. The minimum atomic E-state index is -0.812. The van der Waals surface area contributed by atoms with Gasteiger partial charge in [0.25, 0.3) is 0 Å². The van der Waals surface area contributed by atoms with Crippen LogP contribution in [0, 0.1) is 11.3 Å². The fourth-order valence-corrected chi connectivity index (χ4v) is 10.0. The van der Waals surface area contributed by atoms with Crippen molar-refractivity contribution in [3.05, 3.63) is 65.5 Å². The molecule has 6 aliphatic rings. The van der Waals surface area contributed by atoms with Crippen LogP contribution in [0.25, 0.3) is 10.8 Å². The molecule has 4 fully saturated rings. The highest BCUT2D eigenvalue weighted by Gasteiger charge is 2.67. The van der Waals surface area contributed by atoms with Crippen molar-refractivity contribution in [2.45, 2.75) is 100 Å². The van der Waals surface area contributed by atoms with Gasteiger partial charge in [-0.15, -0.1) is 0 Å². The number of likely N-dealkylation sites (tertiary alicyclic amines) is 1. The van der Waals surface area contributed by atoms with E-state index in [2.05, 4.69) is 53.2 Å².